The van der Waals surface area contributed by atoms with E-state index in [1.54, 1.807) is 24.4 Å². The zero-order valence-corrected chi connectivity index (χ0v) is 10.0. The van der Waals surface area contributed by atoms with Crippen LogP contribution in [0.5, 0.6) is 0 Å². The highest BCUT2D eigenvalue weighted by Gasteiger charge is 2.19. The molecule has 1 heterocycles. The van der Waals surface area contributed by atoms with Crippen LogP contribution < -0.4 is 5.32 Å². The highest BCUT2D eigenvalue weighted by molar-refractivity contribution is 5.99. The van der Waals surface area contributed by atoms with Gasteiger partial charge in [0.05, 0.1) is 0 Å². The van der Waals surface area contributed by atoms with E-state index in [1.807, 2.05) is 6.07 Å². The zero-order valence-electron chi connectivity index (χ0n) is 10.0. The summed E-state index contributed by atoms with van der Waals surface area (Å²) in [6.45, 7) is 0. The smallest absolute Gasteiger partial charge is 0.327 e. The van der Waals surface area contributed by atoms with Crippen molar-refractivity contribution in [1.82, 2.24) is 10.3 Å². The Morgan fingerprint density at radius 2 is 2.21 bits per heavy atom. The van der Waals surface area contributed by atoms with Crippen LogP contribution in [-0.2, 0) is 4.79 Å². The molecule has 19 heavy (non-hydrogen) atoms. The number of amides is 1. The first-order valence-electron chi connectivity index (χ1n) is 5.66. The molecule has 0 saturated heterocycles. The van der Waals surface area contributed by atoms with Gasteiger partial charge in [0.25, 0.3) is 5.91 Å². The first-order chi connectivity index (χ1) is 9.11. The van der Waals surface area contributed by atoms with E-state index < -0.39 is 17.9 Å². The number of aromatic nitrogens is 1. The minimum atomic E-state index is -1.15. The first kappa shape index (κ1) is 12.7. The molecule has 0 aliphatic heterocycles. The number of carboxylic acid groups (broad SMARTS) is 1. The molecule has 2 rings (SSSR count). The van der Waals surface area contributed by atoms with Crippen molar-refractivity contribution < 1.29 is 14.7 Å². The van der Waals surface area contributed by atoms with Gasteiger partial charge in [-0.15, -0.1) is 12.3 Å². The number of aliphatic carboxylic acids is 1. The summed E-state index contributed by atoms with van der Waals surface area (Å²) in [5.41, 5.74) is 1.20. The van der Waals surface area contributed by atoms with Gasteiger partial charge in [0.1, 0.15) is 6.04 Å². The summed E-state index contributed by atoms with van der Waals surface area (Å²) in [5, 5.41) is 12.3. The van der Waals surface area contributed by atoms with Crippen LogP contribution in [0, 0.1) is 12.3 Å². The van der Waals surface area contributed by atoms with Crippen molar-refractivity contribution in [3.8, 4) is 12.3 Å². The van der Waals surface area contributed by atoms with Crippen LogP contribution in [0.25, 0.3) is 10.9 Å². The summed E-state index contributed by atoms with van der Waals surface area (Å²) < 4.78 is 0. The Balaban J connectivity index is 2.18. The van der Waals surface area contributed by atoms with Crippen molar-refractivity contribution in [3.63, 3.8) is 0 Å². The van der Waals surface area contributed by atoms with Gasteiger partial charge in [-0.05, 0) is 23.6 Å². The van der Waals surface area contributed by atoms with E-state index in [2.05, 4.69) is 16.2 Å². The summed E-state index contributed by atoms with van der Waals surface area (Å²) in [7, 11) is 0. The van der Waals surface area contributed by atoms with E-state index in [1.165, 1.54) is 0 Å². The Morgan fingerprint density at radius 3 is 2.89 bits per heavy atom. The highest BCUT2D eigenvalue weighted by Crippen LogP contribution is 2.14. The number of carbonyl (C=O) groups is 2. The van der Waals surface area contributed by atoms with Gasteiger partial charge in [-0.25, -0.2) is 4.79 Å². The van der Waals surface area contributed by atoms with Gasteiger partial charge in [-0.2, -0.15) is 0 Å². The fraction of sp³-hybridized carbons (Fsp3) is 0.143. The Kier molecular flexibility index (Phi) is 3.53. The summed E-state index contributed by atoms with van der Waals surface area (Å²) in [6, 6.07) is 5.91. The van der Waals surface area contributed by atoms with E-state index in [0.29, 0.717) is 5.56 Å². The molecule has 0 radical (unpaired) electrons. The summed E-state index contributed by atoms with van der Waals surface area (Å²) >= 11 is 0. The Bertz CT molecular complexity index is 667. The molecule has 96 valence electrons. The van der Waals surface area contributed by atoms with Crippen LogP contribution in [0.2, 0.25) is 0 Å². The summed E-state index contributed by atoms with van der Waals surface area (Å²) in [6.07, 6.45) is 6.79. The molecule has 1 amide bonds. The van der Waals surface area contributed by atoms with Crippen LogP contribution in [0.15, 0.2) is 30.5 Å². The number of hydrogen-bond donors (Lipinski definition) is 3. The maximum Gasteiger partial charge on any atom is 0.327 e. The maximum atomic E-state index is 11.9. The molecule has 0 bridgehead atoms. The number of carboxylic acids is 1. The fourth-order valence-electron chi connectivity index (χ4n) is 1.75. The third-order valence-corrected chi connectivity index (χ3v) is 2.74. The molecule has 5 heteroatoms. The molecule has 1 aromatic heterocycles. The molecular formula is C14H12N2O3. The van der Waals surface area contributed by atoms with Gasteiger partial charge in [0.15, 0.2) is 0 Å². The number of fused-ring (bicyclic) bond motifs is 1. The summed E-state index contributed by atoms with van der Waals surface area (Å²) in [5.74, 6) is 0.625. The predicted molar refractivity (Wildman–Crippen MR) is 70.6 cm³/mol. The van der Waals surface area contributed by atoms with E-state index in [-0.39, 0.29) is 6.42 Å². The SMILES string of the molecule is C#CCC(NC(=O)c1ccc2cc[nH]c2c1)C(=O)O. The number of nitrogens with one attached hydrogen (secondary N) is 2. The number of carbonyl (C=O) groups excluding carboxylic acids is 1. The monoisotopic (exact) mass is 256 g/mol. The van der Waals surface area contributed by atoms with Crippen molar-refractivity contribution in [2.24, 2.45) is 0 Å². The molecule has 3 N–H and O–H groups in total. The lowest BCUT2D eigenvalue weighted by molar-refractivity contribution is -0.139. The minimum Gasteiger partial charge on any atom is -0.480 e. The van der Waals surface area contributed by atoms with E-state index in [0.717, 1.165) is 10.9 Å². The number of aromatic amines is 1. The van der Waals surface area contributed by atoms with Gasteiger partial charge >= 0.3 is 5.97 Å². The van der Waals surface area contributed by atoms with Crippen molar-refractivity contribution in [1.29, 1.82) is 0 Å². The normalized spacial score (nSPS) is 11.7. The van der Waals surface area contributed by atoms with Crippen molar-refractivity contribution in [2.45, 2.75) is 12.5 Å². The molecule has 1 atom stereocenters. The molecular weight excluding hydrogens is 244 g/mol. The lowest BCUT2D eigenvalue weighted by atomic mass is 10.1. The standard InChI is InChI=1S/C14H12N2O3/c1-2-3-11(14(18)19)16-13(17)10-5-4-9-6-7-15-12(9)8-10/h1,4-8,11,15H,3H2,(H,16,17)(H,18,19). The van der Waals surface area contributed by atoms with Crippen LogP contribution in [0.3, 0.4) is 0 Å². The summed E-state index contributed by atoms with van der Waals surface area (Å²) in [4.78, 5) is 25.8. The van der Waals surface area contributed by atoms with Gasteiger partial charge in [-0.1, -0.05) is 6.07 Å². The lowest BCUT2D eigenvalue weighted by Gasteiger charge is -2.11. The number of H-pyrrole nitrogens is 1. The zero-order chi connectivity index (χ0) is 13.8. The largest absolute Gasteiger partial charge is 0.480 e. The second-order valence-electron chi connectivity index (χ2n) is 4.05. The quantitative estimate of drug-likeness (QED) is 0.723. The van der Waals surface area contributed by atoms with Crippen LogP contribution in [0.1, 0.15) is 16.8 Å². The third kappa shape index (κ3) is 2.75. The second-order valence-corrected chi connectivity index (χ2v) is 4.05. The van der Waals surface area contributed by atoms with Crippen LogP contribution >= 0.6 is 0 Å². The topological polar surface area (TPSA) is 82.2 Å². The maximum absolute atomic E-state index is 11.9. The Hall–Kier alpha value is -2.74. The van der Waals surface area contributed by atoms with E-state index >= 15 is 0 Å². The second kappa shape index (κ2) is 5.27. The molecule has 0 fully saturated rings. The molecule has 0 aliphatic carbocycles. The van der Waals surface area contributed by atoms with Crippen molar-refractivity contribution in [3.05, 3.63) is 36.0 Å². The van der Waals surface area contributed by atoms with Gasteiger partial charge in [0.2, 0.25) is 0 Å². The van der Waals surface area contributed by atoms with E-state index in [4.69, 9.17) is 11.5 Å². The average molecular weight is 256 g/mol. The molecule has 0 saturated carbocycles. The van der Waals surface area contributed by atoms with E-state index in [9.17, 15) is 9.59 Å². The van der Waals surface area contributed by atoms with Gasteiger partial charge < -0.3 is 15.4 Å². The minimum absolute atomic E-state index is 0.0498. The van der Waals surface area contributed by atoms with Gasteiger partial charge in [0, 0.05) is 23.7 Å². The first-order valence-corrected chi connectivity index (χ1v) is 5.66. The highest BCUT2D eigenvalue weighted by atomic mass is 16.4. The predicted octanol–water partition coefficient (Wildman–Crippen LogP) is 1.37. The van der Waals surface area contributed by atoms with Gasteiger partial charge in [-0.3, -0.25) is 4.79 Å². The Labute approximate surface area is 109 Å². The lowest BCUT2D eigenvalue weighted by Crippen LogP contribution is -2.40. The van der Waals surface area contributed by atoms with Crippen molar-refractivity contribution >= 4 is 22.8 Å². The van der Waals surface area contributed by atoms with Crippen LogP contribution in [0.4, 0.5) is 0 Å². The molecule has 0 aliphatic rings. The average Bonchev–Trinajstić information content (AvgIpc) is 2.85. The number of benzene rings is 1. The molecule has 5 nitrogen and oxygen atoms in total. The fourth-order valence-corrected chi connectivity index (χ4v) is 1.75. The van der Waals surface area contributed by atoms with Crippen LogP contribution in [-0.4, -0.2) is 28.0 Å². The number of rotatable bonds is 4. The number of terminal acetylenes is 1. The molecule has 2 aromatic rings. The molecule has 1 unspecified atom stereocenters. The number of hydrogen-bond acceptors (Lipinski definition) is 2. The third-order valence-electron chi connectivity index (χ3n) is 2.74. The molecule has 1 aromatic carbocycles. The molecule has 0 spiro atoms. The van der Waals surface area contributed by atoms with Crippen molar-refractivity contribution in [2.75, 3.05) is 0 Å². The Morgan fingerprint density at radius 1 is 1.42 bits per heavy atom.